The number of benzene rings is 2. The van der Waals surface area contributed by atoms with E-state index in [1.807, 2.05) is 56.3 Å². The van der Waals surface area contributed by atoms with Crippen molar-refractivity contribution < 1.29 is 13.9 Å². The molecule has 0 radical (unpaired) electrons. The molecule has 1 aromatic heterocycles. The van der Waals surface area contributed by atoms with Gasteiger partial charge in [-0.1, -0.05) is 23.7 Å². The second kappa shape index (κ2) is 10.4. The summed E-state index contributed by atoms with van der Waals surface area (Å²) in [6.07, 6.45) is 1.78. The van der Waals surface area contributed by atoms with Gasteiger partial charge in [-0.25, -0.2) is 0 Å². The van der Waals surface area contributed by atoms with E-state index in [2.05, 4.69) is 15.1 Å². The maximum absolute atomic E-state index is 11.9. The number of halogens is 1. The van der Waals surface area contributed by atoms with Crippen LogP contribution in [0.5, 0.6) is 5.75 Å². The Labute approximate surface area is 194 Å². The first-order chi connectivity index (χ1) is 15.5. The van der Waals surface area contributed by atoms with Crippen molar-refractivity contribution in [3.63, 3.8) is 0 Å². The molecular weight excluding hydrogens is 426 g/mol. The third-order valence-electron chi connectivity index (χ3n) is 5.66. The lowest BCUT2D eigenvalue weighted by molar-refractivity contribution is -0.123. The molecule has 2 aromatic carbocycles. The lowest BCUT2D eigenvalue weighted by Crippen LogP contribution is -2.50. The Balaban J connectivity index is 1.25. The summed E-state index contributed by atoms with van der Waals surface area (Å²) >= 11 is 6.00. The van der Waals surface area contributed by atoms with E-state index in [0.717, 1.165) is 65.6 Å². The molecule has 2 heterocycles. The minimum absolute atomic E-state index is 0.101. The second-order valence-electron chi connectivity index (χ2n) is 8.50. The number of carbonyl (C=O) groups excluding carboxylic acids is 1. The average molecular weight is 456 g/mol. The lowest BCUT2D eigenvalue weighted by Gasteiger charge is -2.34. The highest BCUT2D eigenvalue weighted by Crippen LogP contribution is 2.33. The molecule has 1 amide bonds. The molecule has 6 nitrogen and oxygen atoms in total. The Hall–Kier alpha value is -2.54. The lowest BCUT2D eigenvalue weighted by atomic mass is 10.1. The molecule has 7 heteroatoms. The summed E-state index contributed by atoms with van der Waals surface area (Å²) < 4.78 is 11.8. The number of hydrogen-bond donors (Lipinski definition) is 1. The number of ether oxygens (including phenoxy) is 1. The summed E-state index contributed by atoms with van der Waals surface area (Å²) in [5, 5.41) is 4.72. The largest absolute Gasteiger partial charge is 0.492 e. The molecule has 1 aliphatic rings. The van der Waals surface area contributed by atoms with E-state index >= 15 is 0 Å². The molecule has 0 saturated carbocycles. The van der Waals surface area contributed by atoms with Gasteiger partial charge in [0, 0.05) is 60.8 Å². The summed E-state index contributed by atoms with van der Waals surface area (Å²) in [5.74, 6) is 0.905. The molecule has 0 unspecified atom stereocenters. The van der Waals surface area contributed by atoms with Crippen LogP contribution in [0, 0.1) is 0 Å². The van der Waals surface area contributed by atoms with Crippen LogP contribution in [0.4, 0.5) is 0 Å². The van der Waals surface area contributed by atoms with Crippen molar-refractivity contribution >= 4 is 28.5 Å². The zero-order valence-corrected chi connectivity index (χ0v) is 19.4. The zero-order chi connectivity index (χ0) is 22.5. The maximum atomic E-state index is 11.9. The topological polar surface area (TPSA) is 58.0 Å². The van der Waals surface area contributed by atoms with Gasteiger partial charge in [0.2, 0.25) is 5.91 Å². The first-order valence-corrected chi connectivity index (χ1v) is 11.5. The molecule has 4 rings (SSSR count). The fraction of sp³-hybridized carbons (Fsp3) is 0.400. The van der Waals surface area contributed by atoms with Crippen molar-refractivity contribution in [1.82, 2.24) is 15.1 Å². The van der Waals surface area contributed by atoms with Crippen molar-refractivity contribution in [3.8, 4) is 16.9 Å². The minimum atomic E-state index is 0.101. The van der Waals surface area contributed by atoms with Crippen LogP contribution in [-0.2, 0) is 4.79 Å². The van der Waals surface area contributed by atoms with Gasteiger partial charge in [-0.05, 0) is 43.7 Å². The van der Waals surface area contributed by atoms with Crippen LogP contribution in [0.2, 0.25) is 5.02 Å². The van der Waals surface area contributed by atoms with E-state index in [4.69, 9.17) is 20.8 Å². The number of hydrogen-bond acceptors (Lipinski definition) is 5. The van der Waals surface area contributed by atoms with Gasteiger partial charge >= 0.3 is 0 Å². The van der Waals surface area contributed by atoms with Gasteiger partial charge in [0.25, 0.3) is 0 Å². The van der Waals surface area contributed by atoms with Gasteiger partial charge in [-0.2, -0.15) is 0 Å². The van der Waals surface area contributed by atoms with E-state index in [1.54, 1.807) is 6.26 Å². The predicted molar refractivity (Wildman–Crippen MR) is 128 cm³/mol. The maximum Gasteiger partial charge on any atom is 0.234 e. The molecule has 170 valence electrons. The van der Waals surface area contributed by atoms with Crippen LogP contribution in [0.3, 0.4) is 0 Å². The highest BCUT2D eigenvalue weighted by molar-refractivity contribution is 6.30. The first kappa shape index (κ1) is 22.6. The Morgan fingerprint density at radius 2 is 1.81 bits per heavy atom. The smallest absolute Gasteiger partial charge is 0.234 e. The van der Waals surface area contributed by atoms with Crippen molar-refractivity contribution in [2.24, 2.45) is 0 Å². The third kappa shape index (κ3) is 5.82. The van der Waals surface area contributed by atoms with E-state index < -0.39 is 0 Å². The van der Waals surface area contributed by atoms with Crippen LogP contribution >= 0.6 is 11.6 Å². The fourth-order valence-corrected chi connectivity index (χ4v) is 4.11. The number of fused-ring (bicyclic) bond motifs is 1. The van der Waals surface area contributed by atoms with Crippen molar-refractivity contribution in [2.45, 2.75) is 19.9 Å². The molecule has 1 fully saturated rings. The average Bonchev–Trinajstić information content (AvgIpc) is 3.18. The molecule has 32 heavy (non-hydrogen) atoms. The van der Waals surface area contributed by atoms with E-state index in [-0.39, 0.29) is 11.9 Å². The van der Waals surface area contributed by atoms with Gasteiger partial charge < -0.3 is 14.5 Å². The Morgan fingerprint density at radius 3 is 2.53 bits per heavy atom. The predicted octanol–water partition coefficient (Wildman–Crippen LogP) is 4.27. The number of furan rings is 1. The molecule has 1 aliphatic heterocycles. The number of nitrogens with one attached hydrogen (secondary N) is 1. The van der Waals surface area contributed by atoms with Gasteiger partial charge in [-0.15, -0.1) is 0 Å². The molecule has 0 spiro atoms. The highest BCUT2D eigenvalue weighted by atomic mass is 35.5. The normalized spacial score (nSPS) is 15.4. The van der Waals surface area contributed by atoms with Crippen LogP contribution in [-0.4, -0.2) is 67.6 Å². The summed E-state index contributed by atoms with van der Waals surface area (Å²) in [4.78, 5) is 16.5. The van der Waals surface area contributed by atoms with E-state index in [0.29, 0.717) is 13.2 Å². The number of nitrogens with zero attached hydrogens (tertiary/aromatic N) is 2. The SMILES string of the molecule is CC(C)NC(=O)CN1CCN(CCOc2ccc3c(-c4ccc(Cl)cc4)coc3c2)CC1. The van der Waals surface area contributed by atoms with Crippen molar-refractivity contribution in [3.05, 3.63) is 53.8 Å². The molecule has 0 bridgehead atoms. The summed E-state index contributed by atoms with van der Waals surface area (Å²) in [7, 11) is 0. The summed E-state index contributed by atoms with van der Waals surface area (Å²) in [6.45, 7) is 9.61. The number of amides is 1. The summed E-state index contributed by atoms with van der Waals surface area (Å²) in [6, 6.07) is 13.9. The fourth-order valence-electron chi connectivity index (χ4n) is 3.99. The molecule has 0 atom stereocenters. The van der Waals surface area contributed by atoms with Crippen LogP contribution in [0.15, 0.2) is 53.1 Å². The zero-order valence-electron chi connectivity index (χ0n) is 18.6. The van der Waals surface area contributed by atoms with Crippen LogP contribution in [0.1, 0.15) is 13.8 Å². The number of rotatable bonds is 8. The number of carbonyl (C=O) groups is 1. The Morgan fingerprint density at radius 1 is 1.09 bits per heavy atom. The van der Waals surface area contributed by atoms with E-state index in [9.17, 15) is 4.79 Å². The molecule has 1 saturated heterocycles. The van der Waals surface area contributed by atoms with Gasteiger partial charge in [0.15, 0.2) is 0 Å². The van der Waals surface area contributed by atoms with E-state index in [1.165, 1.54) is 0 Å². The first-order valence-electron chi connectivity index (χ1n) is 11.1. The highest BCUT2D eigenvalue weighted by Gasteiger charge is 2.19. The van der Waals surface area contributed by atoms with Gasteiger partial charge in [0.05, 0.1) is 12.8 Å². The quantitative estimate of drug-likeness (QED) is 0.549. The monoisotopic (exact) mass is 455 g/mol. The Bertz CT molecular complexity index is 1040. The minimum Gasteiger partial charge on any atom is -0.492 e. The van der Waals surface area contributed by atoms with Crippen LogP contribution in [0.25, 0.3) is 22.1 Å². The second-order valence-corrected chi connectivity index (χ2v) is 8.94. The summed E-state index contributed by atoms with van der Waals surface area (Å²) in [5.41, 5.74) is 2.92. The standard InChI is InChI=1S/C25H30ClN3O3/c1-18(2)27-25(30)16-29-11-9-28(10-12-29)13-14-31-21-7-8-22-23(17-32-24(22)15-21)19-3-5-20(26)6-4-19/h3-8,15,17-18H,9-14,16H2,1-2H3,(H,27,30). The van der Waals surface area contributed by atoms with Crippen LogP contribution < -0.4 is 10.1 Å². The van der Waals surface area contributed by atoms with Crippen molar-refractivity contribution in [1.29, 1.82) is 0 Å². The Kier molecular flexibility index (Phi) is 7.35. The van der Waals surface area contributed by atoms with Gasteiger partial charge in [0.1, 0.15) is 17.9 Å². The molecule has 1 N–H and O–H groups in total. The van der Waals surface area contributed by atoms with Gasteiger partial charge in [-0.3, -0.25) is 14.6 Å². The number of piperazine rings is 1. The molecule has 3 aromatic rings. The third-order valence-corrected chi connectivity index (χ3v) is 5.91. The molecular formula is C25H30ClN3O3. The van der Waals surface area contributed by atoms with Crippen molar-refractivity contribution in [2.75, 3.05) is 45.9 Å². The molecule has 0 aliphatic carbocycles.